The first-order valence-corrected chi connectivity index (χ1v) is 14.2. The van der Waals surface area contributed by atoms with Crippen molar-refractivity contribution in [3.63, 3.8) is 0 Å². The second kappa shape index (κ2) is 12.3. The Kier molecular flexibility index (Phi) is 8.60. The molecule has 0 radical (unpaired) electrons. The molecule has 0 bridgehead atoms. The summed E-state index contributed by atoms with van der Waals surface area (Å²) in [5, 5.41) is 0.993. The predicted octanol–water partition coefficient (Wildman–Crippen LogP) is 3.63. The van der Waals surface area contributed by atoms with Crippen LogP contribution < -0.4 is 20.1 Å². The first-order valence-electron chi connectivity index (χ1n) is 12.6. The van der Waals surface area contributed by atoms with Gasteiger partial charge in [-0.25, -0.2) is 32.5 Å². The minimum atomic E-state index is -2.68. The zero-order valence-corrected chi connectivity index (χ0v) is 23.3. The number of thiol groups is 1. The molecule has 0 saturated carbocycles. The molecule has 3 heterocycles. The second-order valence-electron chi connectivity index (χ2n) is 9.18. The molecule has 2 aromatic heterocycles. The Labute approximate surface area is 237 Å². The van der Waals surface area contributed by atoms with Crippen LogP contribution in [0.3, 0.4) is 0 Å². The number of ether oxygens (including phenoxy) is 2. The topological polar surface area (TPSA) is 133 Å². The zero-order valence-electron chi connectivity index (χ0n) is 21.7. The van der Waals surface area contributed by atoms with Gasteiger partial charge in [-0.05, 0) is 42.2 Å². The van der Waals surface area contributed by atoms with Crippen LogP contribution in [0.5, 0.6) is 5.75 Å². The van der Waals surface area contributed by atoms with Crippen molar-refractivity contribution in [3.05, 3.63) is 59.0 Å². The van der Waals surface area contributed by atoms with Gasteiger partial charge >= 0.3 is 0 Å². The fourth-order valence-electron chi connectivity index (χ4n) is 4.66. The number of nitrogens with one attached hydrogen (secondary N) is 1. The van der Waals surface area contributed by atoms with E-state index in [1.165, 1.54) is 7.11 Å². The maximum Gasteiger partial charge on any atom is 0.201 e. The Morgan fingerprint density at radius 1 is 1.18 bits per heavy atom. The Bertz CT molecular complexity index is 1620. The van der Waals surface area contributed by atoms with Crippen molar-refractivity contribution in [2.75, 3.05) is 50.6 Å². The molecule has 10 nitrogen and oxygen atoms in total. The highest BCUT2D eigenvalue weighted by molar-refractivity contribution is 7.70. The normalized spacial score (nSPS) is 13.8. The number of nitrogens with two attached hydrogens (primary N) is 1. The van der Waals surface area contributed by atoms with Gasteiger partial charge in [0.2, 0.25) is 10.9 Å². The molecule has 40 heavy (non-hydrogen) atoms. The third-order valence-corrected chi connectivity index (χ3v) is 7.44. The third kappa shape index (κ3) is 5.94. The number of pyridine rings is 1. The van der Waals surface area contributed by atoms with E-state index in [4.69, 9.17) is 36.8 Å². The summed E-state index contributed by atoms with van der Waals surface area (Å²) in [4.78, 5) is 15.9. The summed E-state index contributed by atoms with van der Waals surface area (Å²) in [5.41, 5.74) is 8.45. The fraction of sp³-hybridized carbons (Fsp3) is 0.296. The van der Waals surface area contributed by atoms with Crippen molar-refractivity contribution in [2.24, 2.45) is 0 Å². The minimum absolute atomic E-state index is 0.211. The van der Waals surface area contributed by atoms with E-state index < -0.39 is 10.9 Å². The van der Waals surface area contributed by atoms with E-state index in [9.17, 15) is 8.42 Å². The number of benzene rings is 2. The number of aromatic nitrogens is 3. The number of morpholine rings is 1. The summed E-state index contributed by atoms with van der Waals surface area (Å²) in [6.07, 6.45) is 2.41. The lowest BCUT2D eigenvalue weighted by molar-refractivity contribution is 0.122. The molecule has 1 saturated heterocycles. The average Bonchev–Trinajstić information content (AvgIpc) is 2.96. The van der Waals surface area contributed by atoms with Gasteiger partial charge in [-0.1, -0.05) is 29.8 Å². The van der Waals surface area contributed by atoms with E-state index in [2.05, 4.69) is 14.6 Å². The summed E-state index contributed by atoms with van der Waals surface area (Å²) < 4.78 is 50.9. The van der Waals surface area contributed by atoms with Crippen LogP contribution in [0.4, 0.5) is 16.0 Å². The second-order valence-corrected chi connectivity index (χ2v) is 10.4. The molecule has 0 atom stereocenters. The van der Waals surface area contributed by atoms with Crippen LogP contribution in [0.15, 0.2) is 42.6 Å². The number of anilines is 2. The Hall–Kier alpha value is -3.58. The van der Waals surface area contributed by atoms with Crippen molar-refractivity contribution >= 4 is 45.0 Å². The van der Waals surface area contributed by atoms with E-state index in [0.29, 0.717) is 94.7 Å². The fourth-order valence-corrected chi connectivity index (χ4v) is 5.16. The van der Waals surface area contributed by atoms with Crippen molar-refractivity contribution in [1.29, 1.82) is 0 Å². The number of hydrogen-bond donors (Lipinski definition) is 3. The Balaban J connectivity index is 1.63. The van der Waals surface area contributed by atoms with Crippen LogP contribution >= 0.6 is 11.6 Å². The standard InChI is InChI=1S/C27H28ClFN6O4S/c1-38-22-14-17(19-6-2-4-16(23(19)29)5-3-7-32-40(36)37)12-20-24(22)33-26(18-13-21(28)25(30)31-15-18)34-27(20)35-8-10-39-11-9-35/h2,4,6,12-15,40H,3,5,7-11H2,1H3,(H2,30,31)(H,32,36,37). The van der Waals surface area contributed by atoms with Crippen LogP contribution in [-0.4, -0.2) is 63.3 Å². The highest BCUT2D eigenvalue weighted by Gasteiger charge is 2.22. The summed E-state index contributed by atoms with van der Waals surface area (Å²) in [7, 11) is -1.14. The van der Waals surface area contributed by atoms with Crippen molar-refractivity contribution < 1.29 is 22.3 Å². The Morgan fingerprint density at radius 3 is 2.70 bits per heavy atom. The molecule has 0 amide bonds. The summed E-state index contributed by atoms with van der Waals surface area (Å²) in [6.45, 7) is 2.55. The number of fused-ring (bicyclic) bond motifs is 1. The molecule has 0 aliphatic carbocycles. The van der Waals surface area contributed by atoms with Gasteiger partial charge in [0, 0.05) is 42.3 Å². The van der Waals surface area contributed by atoms with Crippen LogP contribution in [0, 0.1) is 5.82 Å². The zero-order chi connectivity index (χ0) is 28.2. The van der Waals surface area contributed by atoms with E-state index in [-0.39, 0.29) is 18.2 Å². The lowest BCUT2D eigenvalue weighted by Gasteiger charge is -2.29. The number of hydrogen-bond acceptors (Lipinski definition) is 9. The molecule has 1 aliphatic rings. The molecule has 210 valence electrons. The lowest BCUT2D eigenvalue weighted by atomic mass is 9.98. The smallest absolute Gasteiger partial charge is 0.201 e. The highest BCUT2D eigenvalue weighted by atomic mass is 35.5. The van der Waals surface area contributed by atoms with Crippen LogP contribution in [0.2, 0.25) is 5.02 Å². The molecular weight excluding hydrogens is 559 g/mol. The average molecular weight is 587 g/mol. The van der Waals surface area contributed by atoms with Gasteiger partial charge in [0.1, 0.15) is 28.7 Å². The predicted molar refractivity (Wildman–Crippen MR) is 154 cm³/mol. The monoisotopic (exact) mass is 586 g/mol. The highest BCUT2D eigenvalue weighted by Crippen LogP contribution is 2.38. The summed E-state index contributed by atoms with van der Waals surface area (Å²) in [5.74, 6) is 1.35. The van der Waals surface area contributed by atoms with Gasteiger partial charge < -0.3 is 20.1 Å². The van der Waals surface area contributed by atoms with Gasteiger partial charge in [-0.3, -0.25) is 0 Å². The maximum absolute atomic E-state index is 15.7. The van der Waals surface area contributed by atoms with Crippen LogP contribution in [0.1, 0.15) is 12.0 Å². The molecule has 0 unspecified atom stereocenters. The minimum Gasteiger partial charge on any atom is -0.494 e. The summed E-state index contributed by atoms with van der Waals surface area (Å²) in [6, 6.07) is 10.5. The van der Waals surface area contributed by atoms with Crippen molar-refractivity contribution in [3.8, 4) is 28.3 Å². The number of halogens is 2. The van der Waals surface area contributed by atoms with E-state index >= 15 is 4.39 Å². The van der Waals surface area contributed by atoms with Gasteiger partial charge in [0.25, 0.3) is 0 Å². The lowest BCUT2D eigenvalue weighted by Crippen LogP contribution is -2.37. The molecule has 1 aliphatic heterocycles. The van der Waals surface area contributed by atoms with Gasteiger partial charge in [0.15, 0.2) is 5.82 Å². The van der Waals surface area contributed by atoms with Crippen LogP contribution in [-0.2, 0) is 22.0 Å². The number of aryl methyl sites for hydroxylation is 1. The third-order valence-electron chi connectivity index (χ3n) is 6.66. The molecule has 4 aromatic rings. The number of methoxy groups -OCH3 is 1. The molecule has 13 heteroatoms. The molecular formula is C27H28ClFN6O4S. The molecule has 0 spiro atoms. The van der Waals surface area contributed by atoms with E-state index in [0.717, 1.165) is 0 Å². The quantitative estimate of drug-likeness (QED) is 0.199. The first kappa shape index (κ1) is 28.0. The van der Waals surface area contributed by atoms with Crippen LogP contribution in [0.25, 0.3) is 33.4 Å². The molecule has 3 N–H and O–H groups in total. The number of nitrogens with zero attached hydrogens (tertiary/aromatic N) is 4. The largest absolute Gasteiger partial charge is 0.494 e. The van der Waals surface area contributed by atoms with Gasteiger partial charge in [-0.15, -0.1) is 0 Å². The van der Waals surface area contributed by atoms with E-state index in [1.54, 1.807) is 36.5 Å². The van der Waals surface area contributed by atoms with Crippen molar-refractivity contribution in [1.82, 2.24) is 19.7 Å². The van der Waals surface area contributed by atoms with Crippen molar-refractivity contribution in [2.45, 2.75) is 12.8 Å². The van der Waals surface area contributed by atoms with Gasteiger partial charge in [0.05, 0.1) is 25.3 Å². The number of rotatable bonds is 9. The Morgan fingerprint density at radius 2 is 1.98 bits per heavy atom. The molecule has 5 rings (SSSR count). The molecule has 1 fully saturated rings. The first-order chi connectivity index (χ1) is 19.4. The SMILES string of the molecule is COc1cc(-c2cccc(CCCN[SH](=O)=O)c2F)cc2c(N3CCOCC3)nc(-c3cnc(N)c(Cl)c3)nc12. The van der Waals surface area contributed by atoms with E-state index in [1.807, 2.05) is 6.07 Å². The number of nitrogen functional groups attached to an aromatic ring is 1. The van der Waals surface area contributed by atoms with Gasteiger partial charge in [-0.2, -0.15) is 0 Å². The summed E-state index contributed by atoms with van der Waals surface area (Å²) >= 11 is 6.24. The molecule has 2 aromatic carbocycles. The maximum atomic E-state index is 15.7.